The summed E-state index contributed by atoms with van der Waals surface area (Å²) >= 11 is 0. The topological polar surface area (TPSA) is 75.6 Å². The summed E-state index contributed by atoms with van der Waals surface area (Å²) in [6, 6.07) is 4.79. The maximum absolute atomic E-state index is 12.2. The lowest BCUT2D eigenvalue weighted by Crippen LogP contribution is -2.23. The fraction of sp³-hybridized carbons (Fsp3) is 0.273. The van der Waals surface area contributed by atoms with Gasteiger partial charge in [0.1, 0.15) is 5.75 Å². The molecule has 1 aromatic carbocycles. The van der Waals surface area contributed by atoms with E-state index in [-0.39, 0.29) is 11.3 Å². The minimum atomic E-state index is -3.02. The first-order valence-corrected chi connectivity index (χ1v) is 4.99. The summed E-state index contributed by atoms with van der Waals surface area (Å²) in [4.78, 5) is 21.1. The number of carboxylic acids is 1. The number of para-hydroxylation sites is 1. The molecular formula is C11H11F2NO4. The van der Waals surface area contributed by atoms with Crippen molar-refractivity contribution < 1.29 is 28.2 Å². The van der Waals surface area contributed by atoms with Crippen molar-refractivity contribution in [3.05, 3.63) is 29.8 Å². The predicted octanol–water partition coefficient (Wildman–Crippen LogP) is 1.55. The Balaban J connectivity index is 3.01. The molecule has 18 heavy (non-hydrogen) atoms. The summed E-state index contributed by atoms with van der Waals surface area (Å²) in [5, 5.41) is 11.0. The molecule has 0 saturated heterocycles. The molecule has 0 aliphatic carbocycles. The third-order valence-corrected chi connectivity index (χ3v) is 2.16. The van der Waals surface area contributed by atoms with E-state index >= 15 is 0 Å². The van der Waals surface area contributed by atoms with Gasteiger partial charge in [-0.25, -0.2) is 0 Å². The number of amides is 1. The first kappa shape index (κ1) is 13.9. The van der Waals surface area contributed by atoms with Gasteiger partial charge in [0.05, 0.1) is 12.5 Å². The molecule has 5 nitrogen and oxygen atoms in total. The number of rotatable bonds is 7. The predicted molar refractivity (Wildman–Crippen MR) is 57.3 cm³/mol. The van der Waals surface area contributed by atoms with Gasteiger partial charge in [-0.3, -0.25) is 9.59 Å². The smallest absolute Gasteiger partial charge is 0.387 e. The number of halogens is 2. The minimum Gasteiger partial charge on any atom is -0.481 e. The number of hydrogen-bond acceptors (Lipinski definition) is 3. The highest BCUT2D eigenvalue weighted by atomic mass is 19.3. The number of aliphatic carboxylic acids is 1. The Morgan fingerprint density at radius 2 is 2.11 bits per heavy atom. The molecule has 0 heterocycles. The lowest BCUT2D eigenvalue weighted by molar-refractivity contribution is -0.137. The molecule has 1 atom stereocenters. The highest BCUT2D eigenvalue weighted by Gasteiger charge is 2.20. The van der Waals surface area contributed by atoms with Crippen LogP contribution in [0.3, 0.4) is 0 Å². The molecule has 0 radical (unpaired) electrons. The average molecular weight is 259 g/mol. The molecule has 0 aliphatic rings. The first-order valence-electron chi connectivity index (χ1n) is 4.99. The lowest BCUT2D eigenvalue weighted by atomic mass is 10.0. The highest BCUT2D eigenvalue weighted by molar-refractivity contribution is 5.69. The molecule has 0 spiro atoms. The Labute approximate surface area is 101 Å². The summed E-state index contributed by atoms with van der Waals surface area (Å²) in [6.07, 6.45) is -0.116. The van der Waals surface area contributed by atoms with E-state index < -0.39 is 25.0 Å². The number of carbonyl (C=O) groups is 2. The molecule has 0 aliphatic heterocycles. The molecule has 0 fully saturated rings. The molecule has 0 saturated carbocycles. The van der Waals surface area contributed by atoms with E-state index in [4.69, 9.17) is 5.11 Å². The number of alkyl halides is 2. The van der Waals surface area contributed by atoms with Crippen molar-refractivity contribution in [3.63, 3.8) is 0 Å². The van der Waals surface area contributed by atoms with Crippen LogP contribution in [0.15, 0.2) is 24.3 Å². The Hall–Kier alpha value is -2.18. The maximum atomic E-state index is 12.2. The van der Waals surface area contributed by atoms with Crippen LogP contribution in [0.25, 0.3) is 0 Å². The van der Waals surface area contributed by atoms with E-state index in [1.807, 2.05) is 0 Å². The van der Waals surface area contributed by atoms with Crippen LogP contribution in [0.2, 0.25) is 0 Å². The zero-order valence-corrected chi connectivity index (χ0v) is 9.18. The standard InChI is InChI=1S/C11H11F2NO4/c12-11(13)18-9-4-2-1-3-7(9)8(14-6-15)5-10(16)17/h1-4,6,8,11H,5H2,(H,14,15)(H,16,17)/t8-/m1/s1. The molecule has 98 valence electrons. The number of benzene rings is 1. The van der Waals surface area contributed by atoms with Gasteiger partial charge in [-0.15, -0.1) is 0 Å². The molecule has 0 unspecified atom stereocenters. The quantitative estimate of drug-likeness (QED) is 0.728. The second-order valence-corrected chi connectivity index (χ2v) is 3.35. The number of carboxylic acid groups (broad SMARTS) is 1. The van der Waals surface area contributed by atoms with E-state index in [2.05, 4.69) is 10.1 Å². The van der Waals surface area contributed by atoms with Crippen LogP contribution in [-0.4, -0.2) is 24.1 Å². The number of ether oxygens (including phenoxy) is 1. The number of nitrogens with one attached hydrogen (secondary N) is 1. The van der Waals surface area contributed by atoms with E-state index in [1.54, 1.807) is 0 Å². The van der Waals surface area contributed by atoms with Crippen LogP contribution >= 0.6 is 0 Å². The van der Waals surface area contributed by atoms with Gasteiger partial charge in [-0.2, -0.15) is 8.78 Å². The van der Waals surface area contributed by atoms with Crippen LogP contribution in [-0.2, 0) is 9.59 Å². The van der Waals surface area contributed by atoms with E-state index in [9.17, 15) is 18.4 Å². The Kier molecular flexibility index (Phi) is 5.04. The monoisotopic (exact) mass is 259 g/mol. The van der Waals surface area contributed by atoms with Crippen molar-refractivity contribution in [1.82, 2.24) is 5.32 Å². The summed E-state index contributed by atoms with van der Waals surface area (Å²) < 4.78 is 28.6. The summed E-state index contributed by atoms with van der Waals surface area (Å²) in [5.41, 5.74) is 0.187. The van der Waals surface area contributed by atoms with Crippen molar-refractivity contribution in [2.75, 3.05) is 0 Å². The van der Waals surface area contributed by atoms with Gasteiger partial charge in [0.25, 0.3) is 0 Å². The zero-order chi connectivity index (χ0) is 13.5. The molecule has 1 amide bonds. The molecule has 1 rings (SSSR count). The van der Waals surface area contributed by atoms with E-state index in [0.717, 1.165) is 0 Å². The van der Waals surface area contributed by atoms with Crippen molar-refractivity contribution in [2.24, 2.45) is 0 Å². The van der Waals surface area contributed by atoms with Gasteiger partial charge in [0.2, 0.25) is 6.41 Å². The van der Waals surface area contributed by atoms with E-state index in [0.29, 0.717) is 6.41 Å². The Morgan fingerprint density at radius 1 is 1.44 bits per heavy atom. The van der Waals surface area contributed by atoms with Crippen molar-refractivity contribution in [1.29, 1.82) is 0 Å². The molecule has 2 N–H and O–H groups in total. The molecule has 0 aromatic heterocycles. The maximum Gasteiger partial charge on any atom is 0.387 e. The second-order valence-electron chi connectivity index (χ2n) is 3.35. The molecule has 7 heteroatoms. The number of hydrogen-bond donors (Lipinski definition) is 2. The van der Waals surface area contributed by atoms with Gasteiger partial charge in [0.15, 0.2) is 0 Å². The number of carbonyl (C=O) groups excluding carboxylic acids is 1. The van der Waals surface area contributed by atoms with Crippen LogP contribution in [0.1, 0.15) is 18.0 Å². The average Bonchev–Trinajstić information content (AvgIpc) is 2.28. The SMILES string of the molecule is O=CN[C@H](CC(=O)O)c1ccccc1OC(F)F. The Morgan fingerprint density at radius 3 is 2.67 bits per heavy atom. The minimum absolute atomic E-state index is 0.159. The normalized spacial score (nSPS) is 11.9. The van der Waals surface area contributed by atoms with Gasteiger partial charge in [-0.1, -0.05) is 18.2 Å². The highest BCUT2D eigenvalue weighted by Crippen LogP contribution is 2.28. The van der Waals surface area contributed by atoms with Crippen molar-refractivity contribution in [3.8, 4) is 5.75 Å². The van der Waals surface area contributed by atoms with Crippen molar-refractivity contribution >= 4 is 12.4 Å². The second kappa shape index (κ2) is 6.53. The fourth-order valence-electron chi connectivity index (χ4n) is 1.49. The summed E-state index contributed by atoms with van der Waals surface area (Å²) in [6.45, 7) is -3.02. The van der Waals surface area contributed by atoms with Gasteiger partial charge in [0, 0.05) is 5.56 Å². The van der Waals surface area contributed by atoms with Crippen molar-refractivity contribution in [2.45, 2.75) is 19.1 Å². The molecular weight excluding hydrogens is 248 g/mol. The fourth-order valence-corrected chi connectivity index (χ4v) is 1.49. The third-order valence-electron chi connectivity index (χ3n) is 2.16. The summed E-state index contributed by atoms with van der Waals surface area (Å²) in [5.74, 6) is -1.32. The van der Waals surface area contributed by atoms with Crippen LogP contribution in [0.4, 0.5) is 8.78 Å². The lowest BCUT2D eigenvalue weighted by Gasteiger charge is -2.18. The van der Waals surface area contributed by atoms with E-state index in [1.165, 1.54) is 24.3 Å². The third kappa shape index (κ3) is 4.00. The first-order chi connectivity index (χ1) is 8.54. The molecule has 1 aromatic rings. The van der Waals surface area contributed by atoms with Gasteiger partial charge in [-0.05, 0) is 6.07 Å². The van der Waals surface area contributed by atoms with Gasteiger partial charge < -0.3 is 15.2 Å². The van der Waals surface area contributed by atoms with Crippen LogP contribution < -0.4 is 10.1 Å². The Bertz CT molecular complexity index is 425. The summed E-state index contributed by atoms with van der Waals surface area (Å²) in [7, 11) is 0. The van der Waals surface area contributed by atoms with Gasteiger partial charge >= 0.3 is 12.6 Å². The zero-order valence-electron chi connectivity index (χ0n) is 9.18. The molecule has 0 bridgehead atoms. The van der Waals surface area contributed by atoms with Crippen LogP contribution in [0.5, 0.6) is 5.75 Å². The largest absolute Gasteiger partial charge is 0.481 e. The van der Waals surface area contributed by atoms with Crippen LogP contribution in [0, 0.1) is 0 Å².